The number of aliphatic hydroxyl groups is 2. The molecule has 0 radical (unpaired) electrons. The SMILES string of the molecule is CCC(C)(CO)CN1CCC(O)CC1. The highest BCUT2D eigenvalue weighted by atomic mass is 16.3. The van der Waals surface area contributed by atoms with Crippen LogP contribution in [0.15, 0.2) is 0 Å². The summed E-state index contributed by atoms with van der Waals surface area (Å²) in [4.78, 5) is 2.35. The molecule has 0 aliphatic carbocycles. The standard InChI is InChI=1S/C11H23NO2/c1-3-11(2,9-13)8-12-6-4-10(14)5-7-12/h10,13-14H,3-9H2,1-2H3. The summed E-state index contributed by atoms with van der Waals surface area (Å²) in [5, 5.41) is 18.7. The first-order chi connectivity index (χ1) is 6.59. The molecule has 0 aromatic carbocycles. The molecular formula is C11H23NO2. The molecule has 3 heteroatoms. The van der Waals surface area contributed by atoms with Crippen LogP contribution in [-0.4, -0.2) is 47.5 Å². The third kappa shape index (κ3) is 3.23. The third-order valence-corrected chi connectivity index (χ3v) is 3.40. The summed E-state index contributed by atoms with van der Waals surface area (Å²) in [5.41, 5.74) is 0.0301. The highest BCUT2D eigenvalue weighted by Crippen LogP contribution is 2.23. The van der Waals surface area contributed by atoms with Crippen LogP contribution >= 0.6 is 0 Å². The van der Waals surface area contributed by atoms with E-state index in [2.05, 4.69) is 18.7 Å². The van der Waals surface area contributed by atoms with Gasteiger partial charge >= 0.3 is 0 Å². The number of aliphatic hydroxyl groups excluding tert-OH is 2. The summed E-state index contributed by atoms with van der Waals surface area (Å²) in [7, 11) is 0. The van der Waals surface area contributed by atoms with E-state index in [1.54, 1.807) is 0 Å². The minimum absolute atomic E-state index is 0.0301. The van der Waals surface area contributed by atoms with E-state index >= 15 is 0 Å². The van der Waals surface area contributed by atoms with E-state index in [9.17, 15) is 10.2 Å². The quantitative estimate of drug-likeness (QED) is 0.709. The Hall–Kier alpha value is -0.120. The Balaban J connectivity index is 2.36. The molecule has 1 fully saturated rings. The Kier molecular flexibility index (Phi) is 4.35. The molecule has 0 saturated carbocycles. The zero-order valence-corrected chi connectivity index (χ0v) is 9.37. The molecule has 14 heavy (non-hydrogen) atoms. The molecule has 1 heterocycles. The van der Waals surface area contributed by atoms with Crippen molar-refractivity contribution >= 4 is 0 Å². The predicted octanol–water partition coefficient (Wildman–Crippen LogP) is 0.852. The molecule has 0 aromatic heterocycles. The van der Waals surface area contributed by atoms with E-state index < -0.39 is 0 Å². The van der Waals surface area contributed by atoms with Crippen LogP contribution < -0.4 is 0 Å². The van der Waals surface area contributed by atoms with Crippen LogP contribution in [-0.2, 0) is 0 Å². The first-order valence-corrected chi connectivity index (χ1v) is 5.61. The molecule has 3 nitrogen and oxygen atoms in total. The smallest absolute Gasteiger partial charge is 0.0564 e. The zero-order chi connectivity index (χ0) is 10.6. The Morgan fingerprint density at radius 3 is 2.36 bits per heavy atom. The summed E-state index contributed by atoms with van der Waals surface area (Å²) >= 11 is 0. The Morgan fingerprint density at radius 2 is 1.93 bits per heavy atom. The van der Waals surface area contributed by atoms with Crippen molar-refractivity contribution in [2.24, 2.45) is 5.41 Å². The van der Waals surface area contributed by atoms with Crippen molar-refractivity contribution in [3.05, 3.63) is 0 Å². The highest BCUT2D eigenvalue weighted by Gasteiger charge is 2.26. The number of rotatable bonds is 4. The fraction of sp³-hybridized carbons (Fsp3) is 1.00. The molecular weight excluding hydrogens is 178 g/mol. The number of likely N-dealkylation sites (tertiary alicyclic amines) is 1. The van der Waals surface area contributed by atoms with Crippen LogP contribution in [0.2, 0.25) is 0 Å². The Labute approximate surface area is 86.7 Å². The second-order valence-corrected chi connectivity index (χ2v) is 4.83. The van der Waals surface area contributed by atoms with Crippen LogP contribution in [0.4, 0.5) is 0 Å². The number of piperidine rings is 1. The van der Waals surface area contributed by atoms with E-state index in [1.165, 1.54) is 0 Å². The van der Waals surface area contributed by atoms with Gasteiger partial charge in [0.05, 0.1) is 6.10 Å². The van der Waals surface area contributed by atoms with Gasteiger partial charge in [0.15, 0.2) is 0 Å². The summed E-state index contributed by atoms with van der Waals surface area (Å²) in [6.07, 6.45) is 2.66. The number of hydrogen-bond acceptors (Lipinski definition) is 3. The molecule has 0 bridgehead atoms. The zero-order valence-electron chi connectivity index (χ0n) is 9.37. The van der Waals surface area contributed by atoms with Crippen molar-refractivity contribution in [3.63, 3.8) is 0 Å². The molecule has 2 N–H and O–H groups in total. The minimum atomic E-state index is -0.103. The Morgan fingerprint density at radius 1 is 1.36 bits per heavy atom. The van der Waals surface area contributed by atoms with Gasteiger partial charge in [-0.25, -0.2) is 0 Å². The van der Waals surface area contributed by atoms with Gasteiger partial charge in [0.1, 0.15) is 0 Å². The molecule has 84 valence electrons. The van der Waals surface area contributed by atoms with Crippen molar-refractivity contribution in [3.8, 4) is 0 Å². The van der Waals surface area contributed by atoms with E-state index in [-0.39, 0.29) is 18.1 Å². The average molecular weight is 201 g/mol. The van der Waals surface area contributed by atoms with Crippen LogP contribution in [0, 0.1) is 5.41 Å². The van der Waals surface area contributed by atoms with Gasteiger partial charge in [0, 0.05) is 31.7 Å². The lowest BCUT2D eigenvalue weighted by molar-refractivity contribution is 0.0383. The van der Waals surface area contributed by atoms with Crippen LogP contribution in [0.1, 0.15) is 33.1 Å². The summed E-state index contributed by atoms with van der Waals surface area (Å²) in [5.74, 6) is 0. The van der Waals surface area contributed by atoms with Gasteiger partial charge in [0.2, 0.25) is 0 Å². The fourth-order valence-electron chi connectivity index (χ4n) is 1.89. The van der Waals surface area contributed by atoms with Gasteiger partial charge in [-0.05, 0) is 19.3 Å². The van der Waals surface area contributed by atoms with Crippen LogP contribution in [0.3, 0.4) is 0 Å². The third-order valence-electron chi connectivity index (χ3n) is 3.40. The molecule has 0 spiro atoms. The van der Waals surface area contributed by atoms with Crippen LogP contribution in [0.25, 0.3) is 0 Å². The number of nitrogens with zero attached hydrogens (tertiary/aromatic N) is 1. The van der Waals surface area contributed by atoms with Crippen LogP contribution in [0.5, 0.6) is 0 Å². The molecule has 1 unspecified atom stereocenters. The average Bonchev–Trinajstić information content (AvgIpc) is 2.21. The summed E-state index contributed by atoms with van der Waals surface area (Å²) in [6.45, 7) is 7.38. The van der Waals surface area contributed by atoms with E-state index in [0.717, 1.165) is 38.9 Å². The van der Waals surface area contributed by atoms with Crippen molar-refractivity contribution < 1.29 is 10.2 Å². The summed E-state index contributed by atoms with van der Waals surface area (Å²) < 4.78 is 0. The normalized spacial score (nSPS) is 24.9. The predicted molar refractivity (Wildman–Crippen MR) is 57.2 cm³/mol. The molecule has 1 saturated heterocycles. The van der Waals surface area contributed by atoms with Crippen molar-refractivity contribution in [1.82, 2.24) is 4.90 Å². The maximum Gasteiger partial charge on any atom is 0.0564 e. The second kappa shape index (κ2) is 5.10. The molecule has 0 amide bonds. The first-order valence-electron chi connectivity index (χ1n) is 5.61. The van der Waals surface area contributed by atoms with Crippen molar-refractivity contribution in [2.75, 3.05) is 26.2 Å². The fourth-order valence-corrected chi connectivity index (χ4v) is 1.89. The van der Waals surface area contributed by atoms with Crippen molar-refractivity contribution in [2.45, 2.75) is 39.2 Å². The van der Waals surface area contributed by atoms with E-state index in [1.807, 2.05) is 0 Å². The minimum Gasteiger partial charge on any atom is -0.396 e. The molecule has 1 aliphatic heterocycles. The maximum atomic E-state index is 9.36. The lowest BCUT2D eigenvalue weighted by Gasteiger charge is -2.36. The van der Waals surface area contributed by atoms with Gasteiger partial charge in [-0.2, -0.15) is 0 Å². The number of hydrogen-bond donors (Lipinski definition) is 2. The van der Waals surface area contributed by atoms with E-state index in [4.69, 9.17) is 0 Å². The van der Waals surface area contributed by atoms with Crippen molar-refractivity contribution in [1.29, 1.82) is 0 Å². The molecule has 1 atom stereocenters. The second-order valence-electron chi connectivity index (χ2n) is 4.83. The first kappa shape index (κ1) is 12.0. The lowest BCUT2D eigenvalue weighted by atomic mass is 9.87. The van der Waals surface area contributed by atoms with Gasteiger partial charge in [0.25, 0.3) is 0 Å². The van der Waals surface area contributed by atoms with Gasteiger partial charge < -0.3 is 15.1 Å². The topological polar surface area (TPSA) is 43.7 Å². The molecule has 1 aliphatic rings. The van der Waals surface area contributed by atoms with Gasteiger partial charge in [-0.3, -0.25) is 0 Å². The van der Waals surface area contributed by atoms with Gasteiger partial charge in [-0.15, -0.1) is 0 Å². The van der Waals surface area contributed by atoms with E-state index in [0.29, 0.717) is 0 Å². The molecule has 0 aromatic rings. The largest absolute Gasteiger partial charge is 0.396 e. The van der Waals surface area contributed by atoms with Gasteiger partial charge in [-0.1, -0.05) is 13.8 Å². The summed E-state index contributed by atoms with van der Waals surface area (Å²) in [6, 6.07) is 0. The Bertz CT molecular complexity index is 161. The molecule has 1 rings (SSSR count). The lowest BCUT2D eigenvalue weighted by Crippen LogP contribution is -2.43. The maximum absolute atomic E-state index is 9.36. The monoisotopic (exact) mass is 201 g/mol. The highest BCUT2D eigenvalue weighted by molar-refractivity contribution is 4.79.